The molecule has 8 heteroatoms. The van der Waals surface area contributed by atoms with Crippen molar-refractivity contribution >= 4 is 40.8 Å². The predicted molar refractivity (Wildman–Crippen MR) is 102 cm³/mol. The van der Waals surface area contributed by atoms with Crippen molar-refractivity contribution in [3.8, 4) is 5.75 Å². The van der Waals surface area contributed by atoms with E-state index in [1.54, 1.807) is 24.3 Å². The fourth-order valence-corrected chi connectivity index (χ4v) is 3.36. The van der Waals surface area contributed by atoms with Gasteiger partial charge in [-0.1, -0.05) is 11.6 Å². The van der Waals surface area contributed by atoms with Crippen LogP contribution in [0.3, 0.4) is 0 Å². The molecule has 3 N–H and O–H groups in total. The van der Waals surface area contributed by atoms with Crippen LogP contribution in [-0.4, -0.2) is 43.2 Å². The van der Waals surface area contributed by atoms with Crippen molar-refractivity contribution in [3.63, 3.8) is 0 Å². The number of H-pyrrole nitrogens is 1. The molecule has 0 unspecified atom stereocenters. The number of amides is 2. The van der Waals surface area contributed by atoms with Crippen molar-refractivity contribution in [2.45, 2.75) is 6.92 Å². The molecule has 0 radical (unpaired) electrons. The number of carbonyl (C=O) groups is 2. The summed E-state index contributed by atoms with van der Waals surface area (Å²) < 4.78 is 11.2. The molecule has 0 spiro atoms. The largest absolute Gasteiger partial charge is 0.490 e. The molecule has 27 heavy (non-hydrogen) atoms. The lowest BCUT2D eigenvalue weighted by molar-refractivity contribution is -0.110. The number of rotatable bonds is 0. The molecule has 1 aromatic heterocycles. The lowest BCUT2D eigenvalue weighted by Gasteiger charge is -2.10. The Morgan fingerprint density at radius 1 is 1.04 bits per heavy atom. The van der Waals surface area contributed by atoms with Crippen LogP contribution in [0.1, 0.15) is 27.3 Å². The third kappa shape index (κ3) is 3.43. The van der Waals surface area contributed by atoms with Gasteiger partial charge in [-0.3, -0.25) is 9.59 Å². The van der Waals surface area contributed by atoms with Crippen molar-refractivity contribution < 1.29 is 19.1 Å². The highest BCUT2D eigenvalue weighted by Gasteiger charge is 2.27. The topological polar surface area (TPSA) is 92.5 Å². The zero-order chi connectivity index (χ0) is 19.0. The molecular formula is C19H18ClN3O4. The van der Waals surface area contributed by atoms with Gasteiger partial charge in [0.15, 0.2) is 0 Å². The number of nitrogens with one attached hydrogen (secondary N) is 3. The summed E-state index contributed by atoms with van der Waals surface area (Å²) in [6.45, 7) is 3.27. The number of halogens is 1. The predicted octanol–water partition coefficient (Wildman–Crippen LogP) is 2.61. The number of ether oxygens (including phenoxy) is 2. The van der Waals surface area contributed by atoms with Crippen molar-refractivity contribution in [1.29, 1.82) is 0 Å². The number of fused-ring (bicyclic) bond motifs is 2. The van der Waals surface area contributed by atoms with Gasteiger partial charge in [0.05, 0.1) is 40.8 Å². The number of aryl methyl sites for hydroxylation is 1. The second kappa shape index (κ2) is 7.09. The second-order valence-electron chi connectivity index (χ2n) is 6.34. The molecule has 0 atom stereocenters. The Hall–Kier alpha value is -2.77. The highest BCUT2D eigenvalue weighted by Crippen LogP contribution is 2.40. The van der Waals surface area contributed by atoms with Crippen molar-refractivity contribution in [1.82, 2.24) is 10.3 Å². The maximum atomic E-state index is 12.5. The SMILES string of the molecule is Cc1cc2c([nH]1)/C=C1\C(=O)Nc3cc(Cl)c(cc31)OCCOCCNC2=O. The van der Waals surface area contributed by atoms with Crippen molar-refractivity contribution in [2.75, 3.05) is 31.7 Å². The minimum absolute atomic E-state index is 0.226. The van der Waals surface area contributed by atoms with E-state index in [2.05, 4.69) is 15.6 Å². The van der Waals surface area contributed by atoms with E-state index >= 15 is 0 Å². The van der Waals surface area contributed by atoms with Gasteiger partial charge in [0.2, 0.25) is 0 Å². The molecule has 2 aromatic rings. The van der Waals surface area contributed by atoms with Crippen LogP contribution in [0.4, 0.5) is 5.69 Å². The summed E-state index contributed by atoms with van der Waals surface area (Å²) >= 11 is 6.26. The van der Waals surface area contributed by atoms with Crippen molar-refractivity contribution in [3.05, 3.63) is 45.7 Å². The number of anilines is 1. The molecule has 4 rings (SSSR count). The summed E-state index contributed by atoms with van der Waals surface area (Å²) in [6.07, 6.45) is 1.68. The molecule has 0 saturated heterocycles. The third-order valence-corrected chi connectivity index (χ3v) is 4.68. The summed E-state index contributed by atoms with van der Waals surface area (Å²) in [7, 11) is 0. The Morgan fingerprint density at radius 2 is 1.89 bits per heavy atom. The summed E-state index contributed by atoms with van der Waals surface area (Å²) in [5.74, 6) is -0.00537. The van der Waals surface area contributed by atoms with Gasteiger partial charge in [0.25, 0.3) is 11.8 Å². The minimum atomic E-state index is -0.260. The van der Waals surface area contributed by atoms with Gasteiger partial charge in [-0.05, 0) is 31.2 Å². The normalized spacial score (nSPS) is 19.0. The van der Waals surface area contributed by atoms with Crippen LogP contribution in [0.15, 0.2) is 18.2 Å². The number of carbonyl (C=O) groups excluding carboxylic acids is 2. The van der Waals surface area contributed by atoms with Gasteiger partial charge in [-0.2, -0.15) is 0 Å². The first kappa shape index (κ1) is 17.6. The highest BCUT2D eigenvalue weighted by atomic mass is 35.5. The monoisotopic (exact) mass is 387 g/mol. The zero-order valence-corrected chi connectivity index (χ0v) is 15.4. The van der Waals surface area contributed by atoms with Crippen LogP contribution < -0.4 is 15.4 Å². The summed E-state index contributed by atoms with van der Waals surface area (Å²) in [5.41, 5.74) is 3.58. The standard InChI is InChI=1S/C19H18ClN3O4/c1-10-6-13-15(22-10)7-12-11-8-17(14(20)9-16(11)23-19(12)25)27-5-4-26-3-2-21-18(13)24/h6-9,22H,2-5H2,1H3,(H,21,24)(H,23,25)/b12-7-. The van der Waals surface area contributed by atoms with Crippen LogP contribution in [0, 0.1) is 6.92 Å². The van der Waals surface area contributed by atoms with E-state index in [9.17, 15) is 9.59 Å². The molecule has 2 aliphatic rings. The molecule has 2 bridgehead atoms. The Kier molecular flexibility index (Phi) is 4.63. The Morgan fingerprint density at radius 3 is 2.74 bits per heavy atom. The molecule has 1 aromatic carbocycles. The van der Waals surface area contributed by atoms with E-state index in [4.69, 9.17) is 21.1 Å². The van der Waals surface area contributed by atoms with E-state index in [0.29, 0.717) is 65.2 Å². The summed E-state index contributed by atoms with van der Waals surface area (Å²) in [6, 6.07) is 5.15. The smallest absolute Gasteiger partial charge is 0.256 e. The number of hydrogen-bond acceptors (Lipinski definition) is 4. The maximum Gasteiger partial charge on any atom is 0.256 e. The zero-order valence-electron chi connectivity index (χ0n) is 14.6. The average molecular weight is 388 g/mol. The molecule has 0 saturated carbocycles. The van der Waals surface area contributed by atoms with E-state index in [1.807, 2.05) is 6.92 Å². The summed E-state index contributed by atoms with van der Waals surface area (Å²) in [5, 5.41) is 6.03. The van der Waals surface area contributed by atoms with Gasteiger partial charge < -0.3 is 25.1 Å². The van der Waals surface area contributed by atoms with Gasteiger partial charge >= 0.3 is 0 Å². The van der Waals surface area contributed by atoms with E-state index in [0.717, 1.165) is 5.69 Å². The van der Waals surface area contributed by atoms with Crippen molar-refractivity contribution in [2.24, 2.45) is 0 Å². The third-order valence-electron chi connectivity index (χ3n) is 4.39. The number of hydrogen-bond donors (Lipinski definition) is 3. The number of aromatic amines is 1. The van der Waals surface area contributed by atoms with Gasteiger partial charge in [-0.25, -0.2) is 0 Å². The Bertz CT molecular complexity index is 964. The van der Waals surface area contributed by atoms with Crippen LogP contribution in [0.25, 0.3) is 11.6 Å². The number of benzene rings is 1. The quantitative estimate of drug-likeness (QED) is 0.648. The molecule has 2 amide bonds. The fourth-order valence-electron chi connectivity index (χ4n) is 3.15. The lowest BCUT2D eigenvalue weighted by atomic mass is 10.0. The molecular weight excluding hydrogens is 370 g/mol. The fraction of sp³-hybridized carbons (Fsp3) is 0.263. The van der Waals surface area contributed by atoms with Crippen LogP contribution in [0.2, 0.25) is 5.02 Å². The first-order valence-electron chi connectivity index (χ1n) is 8.58. The minimum Gasteiger partial charge on any atom is -0.490 e. The van der Waals surface area contributed by atoms with Gasteiger partial charge in [-0.15, -0.1) is 0 Å². The summed E-state index contributed by atoms with van der Waals surface area (Å²) in [4.78, 5) is 28.1. The molecule has 7 nitrogen and oxygen atoms in total. The van der Waals surface area contributed by atoms with Gasteiger partial charge in [0, 0.05) is 17.8 Å². The van der Waals surface area contributed by atoms with E-state index < -0.39 is 0 Å². The van der Waals surface area contributed by atoms with Gasteiger partial charge in [0.1, 0.15) is 12.4 Å². The molecule has 2 aliphatic heterocycles. The molecule has 0 aliphatic carbocycles. The van der Waals surface area contributed by atoms with E-state index in [1.165, 1.54) is 0 Å². The second-order valence-corrected chi connectivity index (χ2v) is 6.74. The molecule has 140 valence electrons. The first-order chi connectivity index (χ1) is 13.0. The number of aromatic nitrogens is 1. The lowest BCUT2D eigenvalue weighted by Crippen LogP contribution is -2.28. The average Bonchev–Trinajstić information content (AvgIpc) is 3.13. The maximum absolute atomic E-state index is 12.5. The molecule has 0 fully saturated rings. The first-order valence-corrected chi connectivity index (χ1v) is 8.96. The van der Waals surface area contributed by atoms with Crippen LogP contribution in [0.5, 0.6) is 5.75 Å². The highest BCUT2D eigenvalue weighted by molar-refractivity contribution is 6.37. The van der Waals surface area contributed by atoms with E-state index in [-0.39, 0.29) is 11.8 Å². The molecule has 3 heterocycles. The van der Waals surface area contributed by atoms with Crippen LogP contribution >= 0.6 is 11.6 Å². The Labute approximate surface area is 160 Å². The Balaban J connectivity index is 1.84. The van der Waals surface area contributed by atoms with Crippen LogP contribution in [-0.2, 0) is 9.53 Å².